The van der Waals surface area contributed by atoms with Crippen LogP contribution in [-0.2, 0) is 14.8 Å². The van der Waals surface area contributed by atoms with Crippen LogP contribution in [0, 0.1) is 6.92 Å². The van der Waals surface area contributed by atoms with Gasteiger partial charge in [-0.3, -0.25) is 4.79 Å². The molecule has 0 aromatic heterocycles. The molecule has 0 bridgehead atoms. The molecule has 112 valence electrons. The number of nitrogens with zero attached hydrogens (tertiary/aromatic N) is 2. The van der Waals surface area contributed by atoms with E-state index in [4.69, 9.17) is 5.11 Å². The fourth-order valence-electron chi connectivity index (χ4n) is 1.76. The summed E-state index contributed by atoms with van der Waals surface area (Å²) in [5, 5.41) is 8.94. The fraction of sp³-hybridized carbons (Fsp3) is 0.462. The molecule has 1 unspecified atom stereocenters. The highest BCUT2D eigenvalue weighted by molar-refractivity contribution is 7.89. The first-order valence-electron chi connectivity index (χ1n) is 6.08. The molecule has 0 saturated heterocycles. The number of aryl methyl sites for hydroxylation is 1. The van der Waals surface area contributed by atoms with Crippen molar-refractivity contribution in [3.8, 4) is 0 Å². The molecule has 0 heterocycles. The van der Waals surface area contributed by atoms with Crippen molar-refractivity contribution in [2.45, 2.75) is 24.8 Å². The smallest absolute Gasteiger partial charge is 0.321 e. The summed E-state index contributed by atoms with van der Waals surface area (Å²) in [6.07, 6.45) is 0. The third-order valence-electron chi connectivity index (χ3n) is 3.24. The quantitative estimate of drug-likeness (QED) is 0.882. The highest BCUT2D eigenvalue weighted by Crippen LogP contribution is 2.24. The van der Waals surface area contributed by atoms with E-state index in [0.29, 0.717) is 0 Å². The molecule has 0 aliphatic heterocycles. The summed E-state index contributed by atoms with van der Waals surface area (Å²) in [5.41, 5.74) is 1.73. The van der Waals surface area contributed by atoms with Gasteiger partial charge in [0.25, 0.3) is 0 Å². The molecular formula is C13H20N2O4S. The van der Waals surface area contributed by atoms with Gasteiger partial charge in [-0.25, -0.2) is 8.42 Å². The van der Waals surface area contributed by atoms with Gasteiger partial charge in [0.2, 0.25) is 10.0 Å². The highest BCUT2D eigenvalue weighted by atomic mass is 32.2. The molecular weight excluding hydrogens is 280 g/mol. The SMILES string of the molecule is Cc1ccc(S(=O)(=O)N(C)C(C)C(=O)O)cc1N(C)C. The summed E-state index contributed by atoms with van der Waals surface area (Å²) < 4.78 is 25.7. The number of carboxylic acids is 1. The molecule has 0 radical (unpaired) electrons. The normalized spacial score (nSPS) is 13.3. The summed E-state index contributed by atoms with van der Waals surface area (Å²) in [4.78, 5) is 12.8. The minimum atomic E-state index is -3.83. The minimum Gasteiger partial charge on any atom is -0.480 e. The van der Waals surface area contributed by atoms with Crippen molar-refractivity contribution in [1.29, 1.82) is 0 Å². The lowest BCUT2D eigenvalue weighted by Crippen LogP contribution is -2.40. The van der Waals surface area contributed by atoms with Crippen molar-refractivity contribution < 1.29 is 18.3 Å². The Morgan fingerprint density at radius 1 is 1.25 bits per heavy atom. The van der Waals surface area contributed by atoms with Gasteiger partial charge >= 0.3 is 5.97 Å². The first kappa shape index (κ1) is 16.5. The first-order chi connectivity index (χ1) is 9.09. The van der Waals surface area contributed by atoms with E-state index in [0.717, 1.165) is 15.6 Å². The van der Waals surface area contributed by atoms with Gasteiger partial charge in [0, 0.05) is 26.8 Å². The van der Waals surface area contributed by atoms with Gasteiger partial charge in [0.05, 0.1) is 4.90 Å². The number of rotatable bonds is 5. The molecule has 0 spiro atoms. The van der Waals surface area contributed by atoms with E-state index in [2.05, 4.69) is 0 Å². The number of carbonyl (C=O) groups is 1. The van der Waals surface area contributed by atoms with Gasteiger partial charge in [-0.1, -0.05) is 6.07 Å². The maximum atomic E-state index is 12.4. The number of sulfonamides is 1. The molecule has 1 N–H and O–H groups in total. The molecule has 1 aromatic carbocycles. The third kappa shape index (κ3) is 3.10. The van der Waals surface area contributed by atoms with Gasteiger partial charge in [0.15, 0.2) is 0 Å². The molecule has 0 amide bonds. The van der Waals surface area contributed by atoms with Crippen LogP contribution in [0.4, 0.5) is 5.69 Å². The Kier molecular flexibility index (Phi) is 4.77. The number of hydrogen-bond donors (Lipinski definition) is 1. The summed E-state index contributed by atoms with van der Waals surface area (Å²) >= 11 is 0. The Hall–Kier alpha value is -1.60. The van der Waals surface area contributed by atoms with Crippen molar-refractivity contribution in [3.05, 3.63) is 23.8 Å². The Morgan fingerprint density at radius 3 is 2.25 bits per heavy atom. The number of aliphatic carboxylic acids is 1. The van der Waals surface area contributed by atoms with Crippen molar-refractivity contribution in [1.82, 2.24) is 4.31 Å². The van der Waals surface area contributed by atoms with Gasteiger partial charge in [-0.2, -0.15) is 4.31 Å². The summed E-state index contributed by atoms with van der Waals surface area (Å²) in [6.45, 7) is 3.22. The monoisotopic (exact) mass is 300 g/mol. The Morgan fingerprint density at radius 2 is 1.80 bits per heavy atom. The number of hydrogen-bond acceptors (Lipinski definition) is 4. The number of carboxylic acid groups (broad SMARTS) is 1. The Labute approximate surface area is 119 Å². The molecule has 0 saturated carbocycles. The zero-order chi connectivity index (χ0) is 15.7. The van der Waals surface area contributed by atoms with Crippen LogP contribution in [-0.4, -0.2) is 51.0 Å². The maximum Gasteiger partial charge on any atom is 0.321 e. The molecule has 1 atom stereocenters. The third-order valence-corrected chi connectivity index (χ3v) is 5.17. The van der Waals surface area contributed by atoms with Gasteiger partial charge in [-0.05, 0) is 31.5 Å². The molecule has 0 aliphatic rings. The van der Waals surface area contributed by atoms with E-state index in [-0.39, 0.29) is 4.90 Å². The van der Waals surface area contributed by atoms with Crippen molar-refractivity contribution in [2.75, 3.05) is 26.0 Å². The van der Waals surface area contributed by atoms with Crippen LogP contribution in [0.25, 0.3) is 0 Å². The lowest BCUT2D eigenvalue weighted by molar-refractivity contribution is -0.140. The molecule has 0 fully saturated rings. The van der Waals surface area contributed by atoms with Crippen molar-refractivity contribution in [3.63, 3.8) is 0 Å². The van der Waals surface area contributed by atoms with Crippen LogP contribution in [0.2, 0.25) is 0 Å². The summed E-state index contributed by atoms with van der Waals surface area (Å²) in [7, 11) is 1.08. The molecule has 1 rings (SSSR count). The van der Waals surface area contributed by atoms with Gasteiger partial charge in [0.1, 0.15) is 6.04 Å². The standard InChI is InChI=1S/C13H20N2O4S/c1-9-6-7-11(8-12(9)14(3)4)20(18,19)15(5)10(2)13(16)17/h6-8,10H,1-5H3,(H,16,17). The van der Waals surface area contributed by atoms with Gasteiger partial charge < -0.3 is 10.0 Å². The Bertz CT molecular complexity index is 611. The second-order valence-electron chi connectivity index (χ2n) is 4.88. The lowest BCUT2D eigenvalue weighted by Gasteiger charge is -2.23. The largest absolute Gasteiger partial charge is 0.480 e. The highest BCUT2D eigenvalue weighted by Gasteiger charge is 2.29. The lowest BCUT2D eigenvalue weighted by atomic mass is 10.2. The van der Waals surface area contributed by atoms with Crippen LogP contribution in [0.3, 0.4) is 0 Å². The van der Waals surface area contributed by atoms with Crippen LogP contribution in [0.15, 0.2) is 23.1 Å². The van der Waals surface area contributed by atoms with E-state index in [1.807, 2.05) is 25.9 Å². The maximum absolute atomic E-state index is 12.4. The summed E-state index contributed by atoms with van der Waals surface area (Å²) in [6, 6.07) is 3.63. The average molecular weight is 300 g/mol. The molecule has 6 nitrogen and oxygen atoms in total. The van der Waals surface area contributed by atoms with E-state index < -0.39 is 22.0 Å². The predicted octanol–water partition coefficient (Wildman–Crippen LogP) is 1.15. The first-order valence-corrected chi connectivity index (χ1v) is 7.52. The van der Waals surface area contributed by atoms with Crippen LogP contribution >= 0.6 is 0 Å². The van der Waals surface area contributed by atoms with Crippen molar-refractivity contribution >= 4 is 21.7 Å². The molecule has 20 heavy (non-hydrogen) atoms. The zero-order valence-corrected chi connectivity index (χ0v) is 13.1. The molecule has 1 aromatic rings. The molecule has 7 heteroatoms. The van der Waals surface area contributed by atoms with Crippen LogP contribution in [0.1, 0.15) is 12.5 Å². The number of likely N-dealkylation sites (N-methyl/N-ethyl adjacent to an activating group) is 1. The average Bonchev–Trinajstić information content (AvgIpc) is 2.36. The summed E-state index contributed by atoms with van der Waals surface area (Å²) in [5.74, 6) is -1.18. The van der Waals surface area contributed by atoms with E-state index in [1.54, 1.807) is 12.1 Å². The predicted molar refractivity (Wildman–Crippen MR) is 77.6 cm³/mol. The van der Waals surface area contributed by atoms with Crippen LogP contribution in [0.5, 0.6) is 0 Å². The zero-order valence-electron chi connectivity index (χ0n) is 12.3. The Balaban J connectivity index is 3.29. The second kappa shape index (κ2) is 5.80. The van der Waals surface area contributed by atoms with Crippen LogP contribution < -0.4 is 4.90 Å². The van der Waals surface area contributed by atoms with Gasteiger partial charge in [-0.15, -0.1) is 0 Å². The molecule has 0 aliphatic carbocycles. The topological polar surface area (TPSA) is 77.9 Å². The number of anilines is 1. The van der Waals surface area contributed by atoms with Crippen molar-refractivity contribution in [2.24, 2.45) is 0 Å². The second-order valence-corrected chi connectivity index (χ2v) is 6.88. The van der Waals surface area contributed by atoms with E-state index in [9.17, 15) is 13.2 Å². The van der Waals surface area contributed by atoms with E-state index in [1.165, 1.54) is 20.0 Å². The fourth-order valence-corrected chi connectivity index (χ4v) is 3.10. The number of benzene rings is 1. The van der Waals surface area contributed by atoms with E-state index >= 15 is 0 Å². The minimum absolute atomic E-state index is 0.0856.